The quantitative estimate of drug-likeness (QED) is 0.828. The first-order chi connectivity index (χ1) is 10.9. The van der Waals surface area contributed by atoms with Gasteiger partial charge >= 0.3 is 0 Å². The fourth-order valence-electron chi connectivity index (χ4n) is 1.76. The Morgan fingerprint density at radius 1 is 1.13 bits per heavy atom. The van der Waals surface area contributed by atoms with Crippen LogP contribution >= 0.6 is 0 Å². The summed E-state index contributed by atoms with van der Waals surface area (Å²) in [6.45, 7) is -0.190. The molecule has 2 rings (SSSR count). The van der Waals surface area contributed by atoms with E-state index >= 15 is 0 Å². The minimum Gasteiger partial charge on any atom is -0.497 e. The fraction of sp³-hybridized carbons (Fsp3) is 0.133. The highest BCUT2D eigenvalue weighted by Crippen LogP contribution is 2.19. The topological polar surface area (TPSA) is 108 Å². The minimum atomic E-state index is -3.75. The van der Waals surface area contributed by atoms with Gasteiger partial charge in [0, 0.05) is 11.8 Å². The molecule has 0 bridgehead atoms. The zero-order valence-corrected chi connectivity index (χ0v) is 13.2. The molecular formula is C15H16N2O5S. The van der Waals surface area contributed by atoms with E-state index in [1.54, 1.807) is 24.3 Å². The predicted octanol–water partition coefficient (Wildman–Crippen LogP) is 1.36. The number of anilines is 1. The molecule has 122 valence electrons. The smallest absolute Gasteiger partial charge is 0.262 e. The number of benzene rings is 2. The Hall–Kier alpha value is -2.58. The zero-order chi connectivity index (χ0) is 16.9. The summed E-state index contributed by atoms with van der Waals surface area (Å²) in [5.74, 6) is 0.752. The van der Waals surface area contributed by atoms with Crippen LogP contribution in [-0.2, 0) is 14.8 Å². The number of hydrogen-bond donors (Lipinski definition) is 2. The lowest BCUT2D eigenvalue weighted by molar-refractivity contribution is -0.118. The molecule has 0 radical (unpaired) electrons. The van der Waals surface area contributed by atoms with Crippen molar-refractivity contribution in [1.82, 2.24) is 0 Å². The molecular weight excluding hydrogens is 320 g/mol. The molecule has 23 heavy (non-hydrogen) atoms. The summed E-state index contributed by atoms with van der Waals surface area (Å²) < 4.78 is 32.7. The highest BCUT2D eigenvalue weighted by molar-refractivity contribution is 7.89. The molecule has 0 aromatic heterocycles. The summed E-state index contributed by atoms with van der Waals surface area (Å²) in [4.78, 5) is 11.8. The zero-order valence-electron chi connectivity index (χ0n) is 12.4. The van der Waals surface area contributed by atoms with Crippen LogP contribution in [0, 0.1) is 0 Å². The van der Waals surface area contributed by atoms with E-state index in [9.17, 15) is 13.2 Å². The third kappa shape index (κ3) is 4.97. The van der Waals surface area contributed by atoms with Crippen molar-refractivity contribution < 1.29 is 22.7 Å². The first kappa shape index (κ1) is 16.8. The molecule has 0 fully saturated rings. The Balaban J connectivity index is 1.92. The van der Waals surface area contributed by atoms with Crippen LogP contribution in [0.15, 0.2) is 53.4 Å². The van der Waals surface area contributed by atoms with Gasteiger partial charge in [-0.15, -0.1) is 0 Å². The highest BCUT2D eigenvalue weighted by Gasteiger charge is 2.08. The van der Waals surface area contributed by atoms with Gasteiger partial charge in [-0.25, -0.2) is 13.6 Å². The van der Waals surface area contributed by atoms with Crippen molar-refractivity contribution in [2.24, 2.45) is 5.14 Å². The highest BCUT2D eigenvalue weighted by atomic mass is 32.2. The largest absolute Gasteiger partial charge is 0.497 e. The van der Waals surface area contributed by atoms with Crippen molar-refractivity contribution in [2.75, 3.05) is 19.0 Å². The Labute approximate surface area is 134 Å². The van der Waals surface area contributed by atoms with Crippen molar-refractivity contribution in [3.8, 4) is 11.5 Å². The lowest BCUT2D eigenvalue weighted by atomic mass is 10.3. The first-order valence-electron chi connectivity index (χ1n) is 6.58. The second kappa shape index (κ2) is 7.12. The van der Waals surface area contributed by atoms with Crippen LogP contribution in [0.25, 0.3) is 0 Å². The maximum Gasteiger partial charge on any atom is 0.262 e. The van der Waals surface area contributed by atoms with Gasteiger partial charge < -0.3 is 14.8 Å². The van der Waals surface area contributed by atoms with Gasteiger partial charge in [0.15, 0.2) is 6.61 Å². The molecule has 0 atom stereocenters. The van der Waals surface area contributed by atoms with E-state index in [2.05, 4.69) is 5.32 Å². The fourth-order valence-corrected chi connectivity index (χ4v) is 2.28. The molecule has 2 aromatic rings. The molecule has 3 N–H and O–H groups in total. The van der Waals surface area contributed by atoms with Crippen molar-refractivity contribution in [2.45, 2.75) is 4.90 Å². The van der Waals surface area contributed by atoms with Crippen LogP contribution < -0.4 is 19.9 Å². The predicted molar refractivity (Wildman–Crippen MR) is 84.9 cm³/mol. The Bertz CT molecular complexity index is 788. The van der Waals surface area contributed by atoms with Gasteiger partial charge in [0.2, 0.25) is 10.0 Å². The molecule has 0 saturated carbocycles. The first-order valence-corrected chi connectivity index (χ1v) is 8.13. The second-order valence-electron chi connectivity index (χ2n) is 4.59. The van der Waals surface area contributed by atoms with Crippen LogP contribution in [-0.4, -0.2) is 28.0 Å². The number of methoxy groups -OCH3 is 1. The average Bonchev–Trinajstić information content (AvgIpc) is 2.53. The van der Waals surface area contributed by atoms with E-state index < -0.39 is 10.0 Å². The van der Waals surface area contributed by atoms with Gasteiger partial charge in [-0.05, 0) is 36.4 Å². The number of rotatable bonds is 6. The van der Waals surface area contributed by atoms with E-state index in [-0.39, 0.29) is 17.4 Å². The molecule has 0 aliphatic carbocycles. The molecule has 0 aliphatic rings. The molecule has 0 aliphatic heterocycles. The molecule has 2 aromatic carbocycles. The molecule has 0 spiro atoms. The van der Waals surface area contributed by atoms with Crippen LogP contribution in [0.2, 0.25) is 0 Å². The van der Waals surface area contributed by atoms with Gasteiger partial charge in [0.05, 0.1) is 12.0 Å². The summed E-state index contributed by atoms with van der Waals surface area (Å²) >= 11 is 0. The van der Waals surface area contributed by atoms with Crippen molar-refractivity contribution >= 4 is 21.6 Å². The minimum absolute atomic E-state index is 0.0249. The molecule has 8 heteroatoms. The van der Waals surface area contributed by atoms with Gasteiger partial charge in [0.1, 0.15) is 11.5 Å². The number of sulfonamides is 1. The van der Waals surface area contributed by atoms with Crippen molar-refractivity contribution in [1.29, 1.82) is 0 Å². The summed E-state index contributed by atoms with van der Waals surface area (Å²) in [6.07, 6.45) is 0. The summed E-state index contributed by atoms with van der Waals surface area (Å²) in [6, 6.07) is 12.4. The lowest BCUT2D eigenvalue weighted by Gasteiger charge is -2.09. The van der Waals surface area contributed by atoms with E-state index in [0.717, 1.165) is 0 Å². The van der Waals surface area contributed by atoms with Crippen LogP contribution in [0.3, 0.4) is 0 Å². The number of carbonyl (C=O) groups is 1. The Morgan fingerprint density at radius 2 is 1.78 bits per heavy atom. The van der Waals surface area contributed by atoms with E-state index in [4.69, 9.17) is 14.6 Å². The molecule has 7 nitrogen and oxygen atoms in total. The average molecular weight is 336 g/mol. The van der Waals surface area contributed by atoms with Crippen molar-refractivity contribution in [3.05, 3.63) is 48.5 Å². The summed E-state index contributed by atoms with van der Waals surface area (Å²) in [5.41, 5.74) is 0.441. The molecule has 1 amide bonds. The number of hydrogen-bond acceptors (Lipinski definition) is 5. The third-order valence-electron chi connectivity index (χ3n) is 2.88. The molecule has 0 saturated heterocycles. The van der Waals surface area contributed by atoms with Crippen LogP contribution in [0.4, 0.5) is 5.69 Å². The van der Waals surface area contributed by atoms with E-state index in [1.165, 1.54) is 31.4 Å². The third-order valence-corrected chi connectivity index (χ3v) is 3.81. The maximum atomic E-state index is 11.8. The molecule has 0 unspecified atom stereocenters. The Morgan fingerprint density at radius 3 is 2.39 bits per heavy atom. The van der Waals surface area contributed by atoms with Crippen LogP contribution in [0.5, 0.6) is 11.5 Å². The number of carbonyl (C=O) groups excluding carboxylic acids is 1. The number of amides is 1. The lowest BCUT2D eigenvalue weighted by Crippen LogP contribution is -2.20. The SMILES string of the molecule is COc1cccc(OCC(=O)Nc2ccc(S(N)(=O)=O)cc2)c1. The van der Waals surface area contributed by atoms with Gasteiger partial charge in [0.25, 0.3) is 5.91 Å². The summed E-state index contributed by atoms with van der Waals surface area (Å²) in [7, 11) is -2.21. The Kier molecular flexibility index (Phi) is 5.20. The normalized spacial score (nSPS) is 10.9. The van der Waals surface area contributed by atoms with Crippen LogP contribution in [0.1, 0.15) is 0 Å². The summed E-state index contributed by atoms with van der Waals surface area (Å²) in [5, 5.41) is 7.59. The number of primary sulfonamides is 1. The van der Waals surface area contributed by atoms with Gasteiger partial charge in [-0.1, -0.05) is 6.07 Å². The van der Waals surface area contributed by atoms with Gasteiger partial charge in [-0.2, -0.15) is 0 Å². The molecule has 0 heterocycles. The van der Waals surface area contributed by atoms with E-state index in [0.29, 0.717) is 17.2 Å². The van der Waals surface area contributed by atoms with Crippen molar-refractivity contribution in [3.63, 3.8) is 0 Å². The van der Waals surface area contributed by atoms with Gasteiger partial charge in [-0.3, -0.25) is 4.79 Å². The van der Waals surface area contributed by atoms with E-state index in [1.807, 2.05) is 0 Å². The maximum absolute atomic E-state index is 11.8. The standard InChI is InChI=1S/C15H16N2O5S/c1-21-12-3-2-4-13(9-12)22-10-15(18)17-11-5-7-14(8-6-11)23(16,19)20/h2-9H,10H2,1H3,(H,17,18)(H2,16,19,20). The number of nitrogens with one attached hydrogen (secondary N) is 1. The number of ether oxygens (including phenoxy) is 2. The second-order valence-corrected chi connectivity index (χ2v) is 6.15. The number of nitrogens with two attached hydrogens (primary N) is 1. The monoisotopic (exact) mass is 336 g/mol.